The smallest absolute Gasteiger partial charge is 0.261 e. The highest BCUT2D eigenvalue weighted by Crippen LogP contribution is 2.30. The summed E-state index contributed by atoms with van der Waals surface area (Å²) in [6.45, 7) is 2.72. The third-order valence-electron chi connectivity index (χ3n) is 2.21. The van der Waals surface area contributed by atoms with Crippen LogP contribution in [0.3, 0.4) is 0 Å². The zero-order valence-corrected chi connectivity index (χ0v) is 12.0. The van der Waals surface area contributed by atoms with Crippen LogP contribution in [-0.2, 0) is 4.74 Å². The summed E-state index contributed by atoms with van der Waals surface area (Å²) >= 11 is 5.13. The Kier molecular flexibility index (Phi) is 7.18. The number of halogens is 3. The first-order chi connectivity index (χ1) is 8.15. The molecule has 1 atom stereocenters. The average Bonchev–Trinajstić information content (AvgIpc) is 2.69. The van der Waals surface area contributed by atoms with Crippen LogP contribution < -0.4 is 5.32 Å². The van der Waals surface area contributed by atoms with Gasteiger partial charge in [0.2, 0.25) is 0 Å². The van der Waals surface area contributed by atoms with Crippen molar-refractivity contribution in [1.29, 1.82) is 0 Å². The summed E-state index contributed by atoms with van der Waals surface area (Å²) in [5.74, 6) is 0. The molecule has 0 spiro atoms. The first-order valence-corrected chi connectivity index (χ1v) is 7.14. The van der Waals surface area contributed by atoms with Gasteiger partial charge in [0, 0.05) is 22.0 Å². The summed E-state index contributed by atoms with van der Waals surface area (Å²) in [6.07, 6.45) is -1.69. The fourth-order valence-electron chi connectivity index (χ4n) is 1.50. The molecule has 6 heteroatoms. The van der Waals surface area contributed by atoms with E-state index in [1.165, 1.54) is 4.88 Å². The van der Waals surface area contributed by atoms with E-state index in [9.17, 15) is 8.78 Å². The van der Waals surface area contributed by atoms with Crippen molar-refractivity contribution in [2.24, 2.45) is 0 Å². The number of hydrogen-bond donors (Lipinski definition) is 1. The third kappa shape index (κ3) is 5.42. The van der Waals surface area contributed by atoms with Crippen LogP contribution >= 0.6 is 27.3 Å². The van der Waals surface area contributed by atoms with E-state index >= 15 is 0 Å². The Hall–Kier alpha value is -0.0400. The molecule has 0 aliphatic heterocycles. The van der Waals surface area contributed by atoms with Crippen LogP contribution in [0.15, 0.2) is 15.9 Å². The van der Waals surface area contributed by atoms with Crippen LogP contribution in [0.2, 0.25) is 0 Å². The zero-order chi connectivity index (χ0) is 12.7. The molecular formula is C11H16BrF2NOS. The molecule has 1 heterocycles. The summed E-state index contributed by atoms with van der Waals surface area (Å²) in [7, 11) is 0. The van der Waals surface area contributed by atoms with Crippen molar-refractivity contribution >= 4 is 27.3 Å². The average molecular weight is 328 g/mol. The normalized spacial score (nSPS) is 13.2. The molecule has 1 rings (SSSR count). The molecule has 0 aliphatic rings. The number of hydrogen-bond acceptors (Lipinski definition) is 3. The quantitative estimate of drug-likeness (QED) is 0.732. The van der Waals surface area contributed by atoms with Gasteiger partial charge in [0.15, 0.2) is 0 Å². The lowest BCUT2D eigenvalue weighted by molar-refractivity contribution is 0.0144. The summed E-state index contributed by atoms with van der Waals surface area (Å²) in [4.78, 5) is 1.19. The van der Waals surface area contributed by atoms with E-state index in [2.05, 4.69) is 21.2 Å². The highest BCUT2D eigenvalue weighted by Gasteiger charge is 2.15. The van der Waals surface area contributed by atoms with Crippen molar-refractivity contribution in [3.05, 3.63) is 20.8 Å². The van der Waals surface area contributed by atoms with Crippen LogP contribution in [0.4, 0.5) is 8.78 Å². The second-order valence-electron chi connectivity index (χ2n) is 3.50. The Morgan fingerprint density at radius 2 is 2.29 bits per heavy atom. The Morgan fingerprint density at radius 3 is 2.82 bits per heavy atom. The Bertz CT molecular complexity index is 322. The fraction of sp³-hybridized carbons (Fsp3) is 0.636. The Morgan fingerprint density at radius 1 is 1.53 bits per heavy atom. The molecule has 98 valence electrons. The fourth-order valence-corrected chi connectivity index (χ4v) is 3.26. The van der Waals surface area contributed by atoms with E-state index < -0.39 is 13.0 Å². The van der Waals surface area contributed by atoms with Gasteiger partial charge in [-0.1, -0.05) is 6.92 Å². The number of rotatable bonds is 8. The first kappa shape index (κ1) is 15.0. The van der Waals surface area contributed by atoms with Gasteiger partial charge in [0.05, 0.1) is 0 Å². The molecule has 0 amide bonds. The highest BCUT2D eigenvalue weighted by molar-refractivity contribution is 9.10. The number of ether oxygens (including phenoxy) is 1. The van der Waals surface area contributed by atoms with Crippen LogP contribution in [0.1, 0.15) is 24.3 Å². The second kappa shape index (κ2) is 8.13. The SMILES string of the molecule is CCNC(CCOCC(F)F)c1sccc1Br. The van der Waals surface area contributed by atoms with Crippen LogP contribution in [-0.4, -0.2) is 26.2 Å². The van der Waals surface area contributed by atoms with Crippen molar-refractivity contribution in [2.45, 2.75) is 25.8 Å². The molecule has 1 aromatic heterocycles. The maximum atomic E-state index is 11.9. The molecule has 0 saturated heterocycles. The van der Waals surface area contributed by atoms with Gasteiger partial charge >= 0.3 is 0 Å². The molecule has 0 bridgehead atoms. The lowest BCUT2D eigenvalue weighted by Gasteiger charge is -2.17. The molecule has 1 unspecified atom stereocenters. The minimum absolute atomic E-state index is 0.159. The van der Waals surface area contributed by atoms with Gasteiger partial charge < -0.3 is 10.1 Å². The molecule has 0 radical (unpaired) electrons. The van der Waals surface area contributed by atoms with E-state index in [1.54, 1.807) is 11.3 Å². The predicted octanol–water partition coefficient (Wildman–Crippen LogP) is 3.83. The standard InChI is InChI=1S/C11H16BrF2NOS/c1-2-15-9(3-5-16-7-10(13)14)11-8(12)4-6-17-11/h4,6,9-10,15H,2-3,5,7H2,1H3. The van der Waals surface area contributed by atoms with Gasteiger partial charge in [0.25, 0.3) is 6.43 Å². The zero-order valence-electron chi connectivity index (χ0n) is 9.59. The summed E-state index contributed by atoms with van der Waals surface area (Å²) in [6, 6.07) is 2.15. The molecule has 0 aliphatic carbocycles. The topological polar surface area (TPSA) is 21.3 Å². The maximum absolute atomic E-state index is 11.9. The van der Waals surface area contributed by atoms with E-state index in [0.717, 1.165) is 11.0 Å². The van der Waals surface area contributed by atoms with Crippen LogP contribution in [0, 0.1) is 0 Å². The van der Waals surface area contributed by atoms with Crippen molar-refractivity contribution < 1.29 is 13.5 Å². The van der Waals surface area contributed by atoms with Crippen molar-refractivity contribution in [3.63, 3.8) is 0 Å². The van der Waals surface area contributed by atoms with Crippen LogP contribution in [0.5, 0.6) is 0 Å². The van der Waals surface area contributed by atoms with Gasteiger partial charge in [-0.15, -0.1) is 11.3 Å². The molecule has 1 N–H and O–H groups in total. The largest absolute Gasteiger partial charge is 0.375 e. The second-order valence-corrected chi connectivity index (χ2v) is 5.30. The van der Waals surface area contributed by atoms with Crippen molar-refractivity contribution in [3.8, 4) is 0 Å². The van der Waals surface area contributed by atoms with Gasteiger partial charge in [0.1, 0.15) is 6.61 Å². The number of alkyl halides is 2. The lowest BCUT2D eigenvalue weighted by Crippen LogP contribution is -2.22. The minimum Gasteiger partial charge on any atom is -0.375 e. The van der Waals surface area contributed by atoms with E-state index in [1.807, 2.05) is 18.4 Å². The highest BCUT2D eigenvalue weighted by atomic mass is 79.9. The molecule has 0 fully saturated rings. The van der Waals surface area contributed by atoms with Crippen molar-refractivity contribution in [1.82, 2.24) is 5.32 Å². The maximum Gasteiger partial charge on any atom is 0.261 e. The Labute approximate surface area is 112 Å². The summed E-state index contributed by atoms with van der Waals surface area (Å²) in [5.41, 5.74) is 0. The molecule has 2 nitrogen and oxygen atoms in total. The Balaban J connectivity index is 2.41. The summed E-state index contributed by atoms with van der Waals surface area (Å²) < 4.78 is 29.8. The van der Waals surface area contributed by atoms with Crippen LogP contribution in [0.25, 0.3) is 0 Å². The lowest BCUT2D eigenvalue weighted by atomic mass is 10.2. The minimum atomic E-state index is -2.39. The van der Waals surface area contributed by atoms with Gasteiger partial charge in [-0.25, -0.2) is 8.78 Å². The summed E-state index contributed by atoms with van der Waals surface area (Å²) in [5, 5.41) is 5.33. The molecule has 0 aromatic carbocycles. The predicted molar refractivity (Wildman–Crippen MR) is 69.9 cm³/mol. The van der Waals surface area contributed by atoms with E-state index in [-0.39, 0.29) is 6.04 Å². The third-order valence-corrected chi connectivity index (χ3v) is 4.19. The molecule has 1 aromatic rings. The number of nitrogens with one attached hydrogen (secondary N) is 1. The van der Waals surface area contributed by atoms with Gasteiger partial charge in [-0.05, 0) is 40.3 Å². The molecule has 17 heavy (non-hydrogen) atoms. The first-order valence-electron chi connectivity index (χ1n) is 5.47. The molecular weight excluding hydrogens is 312 g/mol. The van der Waals surface area contributed by atoms with Gasteiger partial charge in [-0.2, -0.15) is 0 Å². The number of thiophene rings is 1. The van der Waals surface area contributed by atoms with Crippen molar-refractivity contribution in [2.75, 3.05) is 19.8 Å². The van der Waals surface area contributed by atoms with E-state index in [0.29, 0.717) is 13.0 Å². The monoisotopic (exact) mass is 327 g/mol. The van der Waals surface area contributed by atoms with E-state index in [4.69, 9.17) is 4.74 Å². The van der Waals surface area contributed by atoms with Gasteiger partial charge in [-0.3, -0.25) is 0 Å². The molecule has 0 saturated carbocycles.